The third kappa shape index (κ3) is 3.91. The highest BCUT2D eigenvalue weighted by Gasteiger charge is 2.02. The van der Waals surface area contributed by atoms with E-state index >= 15 is 0 Å². The first-order valence-electron chi connectivity index (χ1n) is 4.72. The second-order valence-electron chi connectivity index (χ2n) is 3.46. The molecule has 15 heavy (non-hydrogen) atoms. The van der Waals surface area contributed by atoms with E-state index in [2.05, 4.69) is 22.9 Å². The van der Waals surface area contributed by atoms with Gasteiger partial charge in [-0.1, -0.05) is 22.9 Å². The highest BCUT2D eigenvalue weighted by atomic mass is 79.9. The number of carbonyl (C=O) groups is 1. The molecule has 0 fully saturated rings. The maximum absolute atomic E-state index is 10.8. The Kier molecular flexibility index (Phi) is 4.62. The van der Waals surface area contributed by atoms with Crippen LogP contribution in [0.1, 0.15) is 17.3 Å². The minimum atomic E-state index is -0.421. The number of carbonyl (C=O) groups excluding carboxylic acids is 1. The average Bonchev–Trinajstić information content (AvgIpc) is 2.26. The highest BCUT2D eigenvalue weighted by Crippen LogP contribution is 2.13. The lowest BCUT2D eigenvalue weighted by Gasteiger charge is -2.10. The van der Waals surface area contributed by atoms with Crippen molar-refractivity contribution in [2.75, 3.05) is 11.9 Å². The van der Waals surface area contributed by atoms with Crippen LogP contribution in [-0.4, -0.2) is 17.8 Å². The number of rotatable bonds is 5. The molecule has 0 aromatic heterocycles. The predicted octanol–water partition coefficient (Wildman–Crippen LogP) is 2.20. The summed E-state index contributed by atoms with van der Waals surface area (Å²) in [7, 11) is 0. The second kappa shape index (κ2) is 5.75. The SMILES string of the molecule is CC(CBr)COc1ccc(C(N)=O)cc1. The minimum Gasteiger partial charge on any atom is -0.493 e. The molecule has 0 spiro atoms. The van der Waals surface area contributed by atoms with Crippen molar-refractivity contribution in [3.05, 3.63) is 29.8 Å². The van der Waals surface area contributed by atoms with E-state index in [9.17, 15) is 4.79 Å². The zero-order valence-electron chi connectivity index (χ0n) is 8.57. The lowest BCUT2D eigenvalue weighted by atomic mass is 10.2. The summed E-state index contributed by atoms with van der Waals surface area (Å²) in [5.74, 6) is 0.795. The van der Waals surface area contributed by atoms with Crippen LogP contribution in [0, 0.1) is 5.92 Å². The molecule has 1 unspecified atom stereocenters. The normalized spacial score (nSPS) is 12.1. The van der Waals surface area contributed by atoms with Crippen LogP contribution in [0.5, 0.6) is 5.75 Å². The Morgan fingerprint density at radius 1 is 1.47 bits per heavy atom. The smallest absolute Gasteiger partial charge is 0.248 e. The molecule has 1 amide bonds. The van der Waals surface area contributed by atoms with Crippen LogP contribution in [-0.2, 0) is 0 Å². The molecule has 1 aromatic rings. The Bertz CT molecular complexity index is 324. The molecule has 82 valence electrons. The Labute approximate surface area is 97.7 Å². The summed E-state index contributed by atoms with van der Waals surface area (Å²) in [6.45, 7) is 2.74. The quantitative estimate of drug-likeness (QED) is 0.835. The summed E-state index contributed by atoms with van der Waals surface area (Å²) in [6, 6.07) is 6.83. The van der Waals surface area contributed by atoms with Crippen LogP contribution < -0.4 is 10.5 Å². The molecule has 2 N–H and O–H groups in total. The third-order valence-electron chi connectivity index (χ3n) is 1.94. The zero-order valence-corrected chi connectivity index (χ0v) is 10.2. The van der Waals surface area contributed by atoms with Gasteiger partial charge in [-0.2, -0.15) is 0 Å². The van der Waals surface area contributed by atoms with Crippen LogP contribution in [0.2, 0.25) is 0 Å². The number of nitrogens with two attached hydrogens (primary N) is 1. The molecule has 0 heterocycles. The first-order chi connectivity index (χ1) is 7.13. The lowest BCUT2D eigenvalue weighted by Crippen LogP contribution is -2.11. The van der Waals surface area contributed by atoms with Crippen LogP contribution in [0.3, 0.4) is 0 Å². The molecular formula is C11H14BrNO2. The van der Waals surface area contributed by atoms with Crippen molar-refractivity contribution in [1.82, 2.24) is 0 Å². The second-order valence-corrected chi connectivity index (χ2v) is 4.11. The fraction of sp³-hybridized carbons (Fsp3) is 0.364. The topological polar surface area (TPSA) is 52.3 Å². The summed E-state index contributed by atoms with van der Waals surface area (Å²) in [6.07, 6.45) is 0. The van der Waals surface area contributed by atoms with Gasteiger partial charge < -0.3 is 10.5 Å². The van der Waals surface area contributed by atoms with Crippen LogP contribution in [0.15, 0.2) is 24.3 Å². The fourth-order valence-electron chi connectivity index (χ4n) is 0.998. The Morgan fingerprint density at radius 2 is 2.07 bits per heavy atom. The van der Waals surface area contributed by atoms with E-state index in [-0.39, 0.29) is 0 Å². The van der Waals surface area contributed by atoms with Crippen molar-refractivity contribution in [2.45, 2.75) is 6.92 Å². The molecule has 3 nitrogen and oxygen atoms in total. The first kappa shape index (κ1) is 12.0. The molecule has 1 rings (SSSR count). The summed E-state index contributed by atoms with van der Waals surface area (Å²) >= 11 is 3.38. The number of ether oxygens (including phenoxy) is 1. The van der Waals surface area contributed by atoms with E-state index < -0.39 is 5.91 Å². The number of hydrogen-bond acceptors (Lipinski definition) is 2. The standard InChI is InChI=1S/C11H14BrNO2/c1-8(6-12)7-15-10-4-2-9(3-5-10)11(13)14/h2-5,8H,6-7H2,1H3,(H2,13,14). The van der Waals surface area contributed by atoms with E-state index in [0.29, 0.717) is 18.1 Å². The fourth-order valence-corrected chi connectivity index (χ4v) is 1.19. The third-order valence-corrected chi connectivity index (χ3v) is 3.04. The maximum Gasteiger partial charge on any atom is 0.248 e. The van der Waals surface area contributed by atoms with Gasteiger partial charge in [-0.15, -0.1) is 0 Å². The molecule has 0 aliphatic rings. The van der Waals surface area contributed by atoms with Gasteiger partial charge in [0.05, 0.1) is 6.61 Å². The molecule has 0 bridgehead atoms. The number of primary amides is 1. The molecule has 4 heteroatoms. The summed E-state index contributed by atoms with van der Waals surface area (Å²) in [5.41, 5.74) is 5.62. The molecular weight excluding hydrogens is 258 g/mol. The van der Waals surface area contributed by atoms with Gasteiger partial charge in [0.15, 0.2) is 0 Å². The van der Waals surface area contributed by atoms with Gasteiger partial charge in [0.1, 0.15) is 5.75 Å². The van der Waals surface area contributed by atoms with Crippen LogP contribution >= 0.6 is 15.9 Å². The molecule has 0 aliphatic heterocycles. The van der Waals surface area contributed by atoms with Gasteiger partial charge in [0, 0.05) is 10.9 Å². The summed E-state index contributed by atoms with van der Waals surface area (Å²) < 4.78 is 5.51. The number of halogens is 1. The predicted molar refractivity (Wildman–Crippen MR) is 63.4 cm³/mol. The molecule has 0 aliphatic carbocycles. The van der Waals surface area contributed by atoms with Gasteiger partial charge in [-0.25, -0.2) is 0 Å². The molecule has 0 saturated carbocycles. The van der Waals surface area contributed by atoms with E-state index in [1.165, 1.54) is 0 Å². The van der Waals surface area contributed by atoms with E-state index in [0.717, 1.165) is 11.1 Å². The van der Waals surface area contributed by atoms with Gasteiger partial charge in [-0.3, -0.25) is 4.79 Å². The monoisotopic (exact) mass is 271 g/mol. The number of alkyl halides is 1. The number of benzene rings is 1. The number of amides is 1. The van der Waals surface area contributed by atoms with Crippen LogP contribution in [0.4, 0.5) is 0 Å². The zero-order chi connectivity index (χ0) is 11.3. The van der Waals surface area contributed by atoms with Crippen molar-refractivity contribution < 1.29 is 9.53 Å². The van der Waals surface area contributed by atoms with E-state index in [1.807, 2.05) is 0 Å². The molecule has 1 aromatic carbocycles. The van der Waals surface area contributed by atoms with E-state index in [4.69, 9.17) is 10.5 Å². The van der Waals surface area contributed by atoms with Gasteiger partial charge in [0.2, 0.25) is 5.91 Å². The molecule has 0 radical (unpaired) electrons. The maximum atomic E-state index is 10.8. The van der Waals surface area contributed by atoms with Crippen molar-refractivity contribution in [3.63, 3.8) is 0 Å². The number of hydrogen-bond donors (Lipinski definition) is 1. The van der Waals surface area contributed by atoms with Crippen molar-refractivity contribution >= 4 is 21.8 Å². The van der Waals surface area contributed by atoms with Crippen molar-refractivity contribution in [1.29, 1.82) is 0 Å². The largest absolute Gasteiger partial charge is 0.493 e. The van der Waals surface area contributed by atoms with Gasteiger partial charge in [-0.05, 0) is 30.2 Å². The molecule has 1 atom stereocenters. The highest BCUT2D eigenvalue weighted by molar-refractivity contribution is 9.09. The van der Waals surface area contributed by atoms with Crippen LogP contribution in [0.25, 0.3) is 0 Å². The van der Waals surface area contributed by atoms with Crippen molar-refractivity contribution in [2.24, 2.45) is 11.7 Å². The van der Waals surface area contributed by atoms with Gasteiger partial charge >= 0.3 is 0 Å². The first-order valence-corrected chi connectivity index (χ1v) is 5.84. The minimum absolute atomic E-state index is 0.421. The summed E-state index contributed by atoms with van der Waals surface area (Å²) in [5, 5.41) is 0.909. The molecule has 0 saturated heterocycles. The van der Waals surface area contributed by atoms with E-state index in [1.54, 1.807) is 24.3 Å². The average molecular weight is 272 g/mol. The lowest BCUT2D eigenvalue weighted by molar-refractivity contribution is 0.100. The Morgan fingerprint density at radius 3 is 2.53 bits per heavy atom. The Balaban J connectivity index is 2.53. The Hall–Kier alpha value is -1.03. The van der Waals surface area contributed by atoms with Crippen molar-refractivity contribution in [3.8, 4) is 5.75 Å². The van der Waals surface area contributed by atoms with Gasteiger partial charge in [0.25, 0.3) is 0 Å². The summed E-state index contributed by atoms with van der Waals surface area (Å²) in [4.78, 5) is 10.8.